The summed E-state index contributed by atoms with van der Waals surface area (Å²) in [6.07, 6.45) is 5.94. The molecule has 3 aromatic heterocycles. The van der Waals surface area contributed by atoms with E-state index in [2.05, 4.69) is 15.2 Å². The zero-order valence-corrected chi connectivity index (χ0v) is 16.4. The summed E-state index contributed by atoms with van der Waals surface area (Å²) in [5, 5.41) is 3.65. The molecule has 1 aliphatic carbocycles. The van der Waals surface area contributed by atoms with Crippen molar-refractivity contribution in [2.24, 2.45) is 0 Å². The third kappa shape index (κ3) is 2.93. The zero-order valence-electron chi connectivity index (χ0n) is 16.4. The van der Waals surface area contributed by atoms with E-state index < -0.39 is 0 Å². The lowest BCUT2D eigenvalue weighted by atomic mass is 10.2. The molecule has 1 spiro atoms. The Labute approximate surface area is 173 Å². The molecule has 1 saturated heterocycles. The lowest BCUT2D eigenvalue weighted by Crippen LogP contribution is -2.52. The number of fused-ring (bicyclic) bond motifs is 1. The molecule has 1 N–H and O–H groups in total. The van der Waals surface area contributed by atoms with Crippen LogP contribution in [0.5, 0.6) is 0 Å². The highest BCUT2D eigenvalue weighted by Crippen LogP contribution is 2.39. The average molecular weight is 400 g/mol. The van der Waals surface area contributed by atoms with Crippen molar-refractivity contribution in [2.75, 3.05) is 24.5 Å². The van der Waals surface area contributed by atoms with Gasteiger partial charge in [-0.1, -0.05) is 12.1 Å². The summed E-state index contributed by atoms with van der Waals surface area (Å²) >= 11 is 0. The van der Waals surface area contributed by atoms with Crippen molar-refractivity contribution >= 4 is 17.0 Å². The van der Waals surface area contributed by atoms with Crippen LogP contribution in [0.4, 0.5) is 10.2 Å². The standard InChI is InChI=1S/C23H21FN6/c24-17-3-1-2-16(14-17)21-27-19-4-5-20(29-13-12-26-23(15-29)8-9-23)28-22(19)30(21)18-6-10-25-11-7-18/h1-7,10-11,14,26H,8-9,12-13,15H2. The molecule has 6 rings (SSSR count). The zero-order chi connectivity index (χ0) is 20.1. The molecule has 7 heteroatoms. The number of hydrogen-bond acceptors (Lipinski definition) is 5. The number of imidazole rings is 1. The summed E-state index contributed by atoms with van der Waals surface area (Å²) < 4.78 is 15.9. The van der Waals surface area contributed by atoms with Crippen LogP contribution >= 0.6 is 0 Å². The Bertz CT molecular complexity index is 1230. The van der Waals surface area contributed by atoms with Crippen LogP contribution in [0.15, 0.2) is 60.9 Å². The van der Waals surface area contributed by atoms with Gasteiger partial charge >= 0.3 is 0 Å². The largest absolute Gasteiger partial charge is 0.353 e. The first-order valence-corrected chi connectivity index (χ1v) is 10.3. The highest BCUT2D eigenvalue weighted by molar-refractivity contribution is 5.81. The van der Waals surface area contributed by atoms with Gasteiger partial charge in [-0.05, 0) is 49.2 Å². The Hall–Kier alpha value is -3.32. The van der Waals surface area contributed by atoms with Gasteiger partial charge in [-0.2, -0.15) is 0 Å². The Kier molecular flexibility index (Phi) is 3.86. The maximum Gasteiger partial charge on any atom is 0.167 e. The Balaban J connectivity index is 1.53. The van der Waals surface area contributed by atoms with Gasteiger partial charge in [-0.15, -0.1) is 0 Å². The molecule has 30 heavy (non-hydrogen) atoms. The fourth-order valence-electron chi connectivity index (χ4n) is 4.32. The lowest BCUT2D eigenvalue weighted by Gasteiger charge is -2.34. The van der Waals surface area contributed by atoms with E-state index in [0.29, 0.717) is 11.4 Å². The topological polar surface area (TPSA) is 58.9 Å². The van der Waals surface area contributed by atoms with E-state index >= 15 is 0 Å². The minimum atomic E-state index is -0.287. The number of rotatable bonds is 3. The minimum absolute atomic E-state index is 0.271. The van der Waals surface area contributed by atoms with Crippen LogP contribution in [0, 0.1) is 5.82 Å². The fraction of sp³-hybridized carbons (Fsp3) is 0.261. The second-order valence-corrected chi connectivity index (χ2v) is 8.13. The number of pyridine rings is 2. The highest BCUT2D eigenvalue weighted by atomic mass is 19.1. The van der Waals surface area contributed by atoms with Crippen molar-refractivity contribution in [1.29, 1.82) is 0 Å². The maximum atomic E-state index is 14.0. The van der Waals surface area contributed by atoms with Crippen molar-refractivity contribution in [2.45, 2.75) is 18.4 Å². The molecule has 0 amide bonds. The van der Waals surface area contributed by atoms with Gasteiger partial charge < -0.3 is 10.2 Å². The van der Waals surface area contributed by atoms with Gasteiger partial charge in [0.05, 0.1) is 5.69 Å². The Morgan fingerprint density at radius 2 is 1.87 bits per heavy atom. The molecule has 0 radical (unpaired) electrons. The van der Waals surface area contributed by atoms with Crippen LogP contribution in [0.25, 0.3) is 28.2 Å². The summed E-state index contributed by atoms with van der Waals surface area (Å²) in [6, 6.07) is 14.4. The maximum absolute atomic E-state index is 14.0. The van der Waals surface area contributed by atoms with Crippen LogP contribution in [0.1, 0.15) is 12.8 Å². The van der Waals surface area contributed by atoms with Gasteiger partial charge in [0.2, 0.25) is 0 Å². The van der Waals surface area contributed by atoms with Crippen LogP contribution in [0.2, 0.25) is 0 Å². The SMILES string of the molecule is Fc1cccc(-c2nc3ccc(N4CCNC5(CC5)C4)nc3n2-c2ccncc2)c1. The summed E-state index contributed by atoms with van der Waals surface area (Å²) in [5.74, 6) is 1.33. The monoisotopic (exact) mass is 400 g/mol. The van der Waals surface area contributed by atoms with Crippen molar-refractivity contribution in [3.63, 3.8) is 0 Å². The molecule has 150 valence electrons. The van der Waals surface area contributed by atoms with E-state index in [4.69, 9.17) is 9.97 Å². The number of hydrogen-bond donors (Lipinski definition) is 1. The van der Waals surface area contributed by atoms with E-state index in [1.807, 2.05) is 34.9 Å². The molecule has 2 fully saturated rings. The van der Waals surface area contributed by atoms with Crippen molar-refractivity contribution in [3.8, 4) is 17.1 Å². The van der Waals surface area contributed by atoms with E-state index in [9.17, 15) is 4.39 Å². The molecule has 1 saturated carbocycles. The molecule has 4 heterocycles. The molecule has 4 aromatic rings. The van der Waals surface area contributed by atoms with E-state index in [1.165, 1.54) is 25.0 Å². The Morgan fingerprint density at radius 3 is 2.67 bits per heavy atom. The predicted molar refractivity (Wildman–Crippen MR) is 114 cm³/mol. The molecule has 0 bridgehead atoms. The number of piperazine rings is 1. The van der Waals surface area contributed by atoms with Gasteiger partial charge in [0.15, 0.2) is 5.65 Å². The summed E-state index contributed by atoms with van der Waals surface area (Å²) in [5.41, 5.74) is 3.43. The van der Waals surface area contributed by atoms with Gasteiger partial charge in [0.25, 0.3) is 0 Å². The van der Waals surface area contributed by atoms with Gasteiger partial charge in [0, 0.05) is 43.1 Å². The fourth-order valence-corrected chi connectivity index (χ4v) is 4.32. The molecular weight excluding hydrogens is 379 g/mol. The van der Waals surface area contributed by atoms with Crippen molar-refractivity contribution in [3.05, 3.63) is 66.7 Å². The number of nitrogens with one attached hydrogen (secondary N) is 1. The first-order valence-electron chi connectivity index (χ1n) is 10.3. The van der Waals surface area contributed by atoms with Crippen LogP contribution < -0.4 is 10.2 Å². The number of nitrogens with zero attached hydrogens (tertiary/aromatic N) is 5. The van der Waals surface area contributed by atoms with E-state index in [1.54, 1.807) is 18.5 Å². The molecular formula is C23H21FN6. The van der Waals surface area contributed by atoms with Crippen LogP contribution in [-0.2, 0) is 0 Å². The molecule has 6 nitrogen and oxygen atoms in total. The third-order valence-electron chi connectivity index (χ3n) is 6.05. The first-order chi connectivity index (χ1) is 14.7. The van der Waals surface area contributed by atoms with Crippen LogP contribution in [-0.4, -0.2) is 44.7 Å². The van der Waals surface area contributed by atoms with Gasteiger partial charge in [0.1, 0.15) is 23.0 Å². The van der Waals surface area contributed by atoms with Gasteiger partial charge in [-0.3, -0.25) is 9.55 Å². The normalized spacial score (nSPS) is 17.6. The second kappa shape index (κ2) is 6.60. The predicted octanol–water partition coefficient (Wildman–Crippen LogP) is 3.56. The van der Waals surface area contributed by atoms with E-state index in [0.717, 1.165) is 42.3 Å². The smallest absolute Gasteiger partial charge is 0.167 e. The van der Waals surface area contributed by atoms with Crippen molar-refractivity contribution in [1.82, 2.24) is 24.8 Å². The number of aromatic nitrogens is 4. The summed E-state index contributed by atoms with van der Waals surface area (Å²) in [4.78, 5) is 16.3. The number of halogens is 1. The molecule has 2 aliphatic rings. The first kappa shape index (κ1) is 17.5. The minimum Gasteiger partial charge on any atom is -0.353 e. The molecule has 1 aromatic carbocycles. The second-order valence-electron chi connectivity index (χ2n) is 8.13. The quantitative estimate of drug-likeness (QED) is 0.570. The highest BCUT2D eigenvalue weighted by Gasteiger charge is 2.45. The third-order valence-corrected chi connectivity index (χ3v) is 6.05. The average Bonchev–Trinajstić information content (AvgIpc) is 3.40. The van der Waals surface area contributed by atoms with Crippen LogP contribution in [0.3, 0.4) is 0 Å². The van der Waals surface area contributed by atoms with E-state index in [-0.39, 0.29) is 11.4 Å². The summed E-state index contributed by atoms with van der Waals surface area (Å²) in [7, 11) is 0. The Morgan fingerprint density at radius 1 is 1.00 bits per heavy atom. The van der Waals surface area contributed by atoms with Gasteiger partial charge in [-0.25, -0.2) is 14.4 Å². The number of anilines is 1. The lowest BCUT2D eigenvalue weighted by molar-refractivity contribution is 0.440. The molecule has 0 unspecified atom stereocenters. The molecule has 1 aliphatic heterocycles. The molecule has 0 atom stereocenters. The number of benzene rings is 1. The van der Waals surface area contributed by atoms with Crippen molar-refractivity contribution < 1.29 is 4.39 Å². The summed E-state index contributed by atoms with van der Waals surface area (Å²) in [6.45, 7) is 2.88.